The van der Waals surface area contributed by atoms with Crippen molar-refractivity contribution in [1.29, 1.82) is 0 Å². The maximum absolute atomic E-state index is 13.7. The van der Waals surface area contributed by atoms with Gasteiger partial charge in [-0.3, -0.25) is 14.6 Å². The predicted octanol–water partition coefficient (Wildman–Crippen LogP) is 4.61. The number of pyridine rings is 1. The second-order valence-corrected chi connectivity index (χ2v) is 6.92. The van der Waals surface area contributed by atoms with Crippen molar-refractivity contribution in [2.45, 2.75) is 19.8 Å². The van der Waals surface area contributed by atoms with Gasteiger partial charge in [0.05, 0.1) is 11.4 Å². The Bertz CT molecular complexity index is 1020. The molecule has 154 valence electrons. The van der Waals surface area contributed by atoms with Crippen molar-refractivity contribution in [2.75, 3.05) is 17.2 Å². The number of benzene rings is 2. The zero-order chi connectivity index (χ0) is 21.5. The molecule has 0 aliphatic rings. The lowest BCUT2D eigenvalue weighted by Crippen LogP contribution is -2.22. The zero-order valence-electron chi connectivity index (χ0n) is 16.7. The number of nitrogens with zero attached hydrogens (tertiary/aromatic N) is 1. The number of aromatic nitrogens is 1. The summed E-state index contributed by atoms with van der Waals surface area (Å²) in [6.45, 7) is 3.92. The highest BCUT2D eigenvalue weighted by Gasteiger charge is 2.13. The number of carbonyl (C=O) groups excluding carboxylic acids is 2. The second-order valence-electron chi connectivity index (χ2n) is 6.92. The Labute approximate surface area is 174 Å². The van der Waals surface area contributed by atoms with Crippen LogP contribution in [0.15, 0.2) is 66.9 Å². The molecule has 0 aliphatic carbocycles. The molecule has 0 spiro atoms. The van der Waals surface area contributed by atoms with Crippen LogP contribution in [0.25, 0.3) is 0 Å². The third-order valence-electron chi connectivity index (χ3n) is 4.32. The molecule has 1 heterocycles. The first-order valence-electron chi connectivity index (χ1n) is 9.47. The van der Waals surface area contributed by atoms with E-state index in [0.29, 0.717) is 11.7 Å². The summed E-state index contributed by atoms with van der Waals surface area (Å²) >= 11 is 0. The van der Waals surface area contributed by atoms with E-state index in [0.717, 1.165) is 6.07 Å². The summed E-state index contributed by atoms with van der Waals surface area (Å²) in [4.78, 5) is 28.6. The van der Waals surface area contributed by atoms with Crippen molar-refractivity contribution in [2.24, 2.45) is 0 Å². The molecule has 0 atom stereocenters. The number of anilines is 2. The SMILES string of the molecule is CC(C)c1ccc(OCC(=O)Nc2cc(F)ccc2NC(=O)c2ccccn2)cc1. The molecule has 0 saturated heterocycles. The third-order valence-corrected chi connectivity index (χ3v) is 4.32. The van der Waals surface area contributed by atoms with Crippen LogP contribution >= 0.6 is 0 Å². The number of ether oxygens (including phenoxy) is 1. The number of rotatable bonds is 7. The van der Waals surface area contributed by atoms with Gasteiger partial charge < -0.3 is 15.4 Å². The summed E-state index contributed by atoms with van der Waals surface area (Å²) in [6, 6.07) is 16.1. The lowest BCUT2D eigenvalue weighted by atomic mass is 10.0. The van der Waals surface area contributed by atoms with Crippen molar-refractivity contribution < 1.29 is 18.7 Å². The van der Waals surface area contributed by atoms with Gasteiger partial charge in [0.15, 0.2) is 6.61 Å². The van der Waals surface area contributed by atoms with Crippen LogP contribution in [-0.4, -0.2) is 23.4 Å². The van der Waals surface area contributed by atoms with Crippen molar-refractivity contribution in [3.05, 3.63) is 83.9 Å². The van der Waals surface area contributed by atoms with E-state index in [1.54, 1.807) is 30.3 Å². The van der Waals surface area contributed by atoms with E-state index in [2.05, 4.69) is 29.5 Å². The van der Waals surface area contributed by atoms with E-state index >= 15 is 0 Å². The zero-order valence-corrected chi connectivity index (χ0v) is 16.7. The number of carbonyl (C=O) groups is 2. The smallest absolute Gasteiger partial charge is 0.274 e. The summed E-state index contributed by atoms with van der Waals surface area (Å²) in [5, 5.41) is 5.20. The lowest BCUT2D eigenvalue weighted by Gasteiger charge is -2.13. The summed E-state index contributed by atoms with van der Waals surface area (Å²) in [6.07, 6.45) is 1.49. The Balaban J connectivity index is 1.64. The first kappa shape index (κ1) is 21.0. The van der Waals surface area contributed by atoms with Crippen LogP contribution < -0.4 is 15.4 Å². The Kier molecular flexibility index (Phi) is 6.75. The third kappa shape index (κ3) is 5.64. The Morgan fingerprint density at radius 1 is 1.00 bits per heavy atom. The average molecular weight is 407 g/mol. The molecule has 0 bridgehead atoms. The second kappa shape index (κ2) is 9.65. The molecule has 30 heavy (non-hydrogen) atoms. The van der Waals surface area contributed by atoms with Gasteiger partial charge in [-0.25, -0.2) is 4.39 Å². The van der Waals surface area contributed by atoms with Crippen molar-refractivity contribution in [3.63, 3.8) is 0 Å². The highest BCUT2D eigenvalue weighted by molar-refractivity contribution is 6.06. The molecule has 3 rings (SSSR count). The molecule has 6 nitrogen and oxygen atoms in total. The van der Waals surface area contributed by atoms with Crippen LogP contribution in [0.5, 0.6) is 5.75 Å². The van der Waals surface area contributed by atoms with Gasteiger partial charge in [-0.05, 0) is 53.9 Å². The minimum Gasteiger partial charge on any atom is -0.484 e. The molecular weight excluding hydrogens is 385 g/mol. The predicted molar refractivity (Wildman–Crippen MR) is 113 cm³/mol. The molecule has 2 amide bonds. The molecule has 1 aromatic heterocycles. The highest BCUT2D eigenvalue weighted by Crippen LogP contribution is 2.24. The fraction of sp³-hybridized carbons (Fsp3) is 0.174. The highest BCUT2D eigenvalue weighted by atomic mass is 19.1. The van der Waals surface area contributed by atoms with Gasteiger partial charge >= 0.3 is 0 Å². The van der Waals surface area contributed by atoms with Crippen LogP contribution in [-0.2, 0) is 4.79 Å². The van der Waals surface area contributed by atoms with E-state index < -0.39 is 17.6 Å². The van der Waals surface area contributed by atoms with E-state index in [-0.39, 0.29) is 23.7 Å². The summed E-state index contributed by atoms with van der Waals surface area (Å²) < 4.78 is 19.2. The Morgan fingerprint density at radius 3 is 2.43 bits per heavy atom. The first-order valence-corrected chi connectivity index (χ1v) is 9.47. The standard InChI is InChI=1S/C23H22FN3O3/c1-15(2)16-6-9-18(10-7-16)30-14-22(28)26-21-13-17(24)8-11-19(21)27-23(29)20-5-3-4-12-25-20/h3-13,15H,14H2,1-2H3,(H,26,28)(H,27,29). The maximum Gasteiger partial charge on any atom is 0.274 e. The monoisotopic (exact) mass is 407 g/mol. The van der Waals surface area contributed by atoms with Gasteiger partial charge in [0.2, 0.25) is 0 Å². The number of hydrogen-bond donors (Lipinski definition) is 2. The molecule has 2 aromatic carbocycles. The van der Waals surface area contributed by atoms with Gasteiger partial charge in [0.25, 0.3) is 11.8 Å². The number of nitrogens with one attached hydrogen (secondary N) is 2. The molecule has 0 aliphatic heterocycles. The van der Waals surface area contributed by atoms with Crippen LogP contribution in [0.1, 0.15) is 35.8 Å². The minimum absolute atomic E-state index is 0.128. The molecule has 7 heteroatoms. The first-order chi connectivity index (χ1) is 14.4. The minimum atomic E-state index is -0.550. The summed E-state index contributed by atoms with van der Waals surface area (Å²) in [5.74, 6) is -0.556. The van der Waals surface area contributed by atoms with Crippen molar-refractivity contribution in [3.8, 4) is 5.75 Å². The summed E-state index contributed by atoms with van der Waals surface area (Å²) in [7, 11) is 0. The van der Waals surface area contributed by atoms with E-state index in [1.165, 1.54) is 23.9 Å². The number of halogens is 1. The fourth-order valence-electron chi connectivity index (χ4n) is 2.70. The number of hydrogen-bond acceptors (Lipinski definition) is 4. The van der Waals surface area contributed by atoms with E-state index in [4.69, 9.17) is 4.74 Å². The van der Waals surface area contributed by atoms with E-state index in [9.17, 15) is 14.0 Å². The molecule has 3 aromatic rings. The Morgan fingerprint density at radius 2 is 1.77 bits per heavy atom. The van der Waals surface area contributed by atoms with Gasteiger partial charge in [-0.2, -0.15) is 0 Å². The van der Waals surface area contributed by atoms with Gasteiger partial charge in [-0.1, -0.05) is 32.0 Å². The fourth-order valence-corrected chi connectivity index (χ4v) is 2.70. The molecule has 0 unspecified atom stereocenters. The molecule has 0 fully saturated rings. The number of amides is 2. The maximum atomic E-state index is 13.7. The normalized spacial score (nSPS) is 10.5. The molecular formula is C23H22FN3O3. The van der Waals surface area contributed by atoms with E-state index in [1.807, 2.05) is 12.1 Å². The summed E-state index contributed by atoms with van der Waals surface area (Å²) in [5.41, 5.74) is 1.75. The average Bonchev–Trinajstić information content (AvgIpc) is 2.75. The molecule has 0 saturated carbocycles. The van der Waals surface area contributed by atoms with Gasteiger partial charge in [-0.15, -0.1) is 0 Å². The lowest BCUT2D eigenvalue weighted by molar-refractivity contribution is -0.118. The topological polar surface area (TPSA) is 80.3 Å². The van der Waals surface area contributed by atoms with Crippen molar-refractivity contribution in [1.82, 2.24) is 4.98 Å². The van der Waals surface area contributed by atoms with Gasteiger partial charge in [0.1, 0.15) is 17.3 Å². The van der Waals surface area contributed by atoms with Crippen LogP contribution in [0.3, 0.4) is 0 Å². The van der Waals surface area contributed by atoms with Crippen LogP contribution in [0, 0.1) is 5.82 Å². The Hall–Kier alpha value is -3.74. The molecule has 2 N–H and O–H groups in total. The van der Waals surface area contributed by atoms with Crippen LogP contribution in [0.4, 0.5) is 15.8 Å². The molecule has 0 radical (unpaired) electrons. The van der Waals surface area contributed by atoms with Gasteiger partial charge in [0, 0.05) is 6.20 Å². The van der Waals surface area contributed by atoms with Crippen molar-refractivity contribution >= 4 is 23.2 Å². The van der Waals surface area contributed by atoms with Crippen LogP contribution in [0.2, 0.25) is 0 Å². The quantitative estimate of drug-likeness (QED) is 0.599. The largest absolute Gasteiger partial charge is 0.484 e.